The Morgan fingerprint density at radius 1 is 0.784 bits per heavy atom. The molecule has 4 rings (SSSR count). The van der Waals surface area contributed by atoms with Crippen LogP contribution in [0.5, 0.6) is 0 Å². The lowest BCUT2D eigenvalue weighted by Gasteiger charge is -2.25. The van der Waals surface area contributed by atoms with Crippen molar-refractivity contribution in [3.8, 4) is 6.07 Å². The Kier molecular flexibility index (Phi) is 9.87. The molecule has 0 N–H and O–H groups in total. The molecule has 1 saturated heterocycles. The van der Waals surface area contributed by atoms with Gasteiger partial charge in [0.1, 0.15) is 24.4 Å². The molecule has 0 amide bonds. The number of rotatable bonds is 12. The minimum absolute atomic E-state index is 0.316. The number of nitrogens with zero attached hydrogens (tertiary/aromatic N) is 2. The van der Waals surface area contributed by atoms with Crippen LogP contribution in [0.4, 0.5) is 0 Å². The minimum atomic E-state index is -0.581. The summed E-state index contributed by atoms with van der Waals surface area (Å²) in [7, 11) is 3.77. The van der Waals surface area contributed by atoms with E-state index >= 15 is 0 Å². The Hall–Kier alpha value is -3.47. The molecule has 6 nitrogen and oxygen atoms in total. The van der Waals surface area contributed by atoms with E-state index in [2.05, 4.69) is 6.07 Å². The SMILES string of the molecule is CN(C)C=C(C#N)C1OC(COCc2ccccc2)C(OCc2ccccc2)C1OCc1ccccc1. The van der Waals surface area contributed by atoms with Gasteiger partial charge in [-0.3, -0.25) is 0 Å². The van der Waals surface area contributed by atoms with Crippen LogP contribution in [0.25, 0.3) is 0 Å². The maximum Gasteiger partial charge on any atom is 0.123 e. The van der Waals surface area contributed by atoms with Crippen LogP contribution >= 0.6 is 0 Å². The van der Waals surface area contributed by atoms with Crippen molar-refractivity contribution < 1.29 is 18.9 Å². The highest BCUT2D eigenvalue weighted by Crippen LogP contribution is 2.33. The van der Waals surface area contributed by atoms with E-state index in [1.807, 2.05) is 110 Å². The summed E-state index contributed by atoms with van der Waals surface area (Å²) in [5.41, 5.74) is 3.67. The molecular formula is C31H34N2O4. The van der Waals surface area contributed by atoms with Crippen molar-refractivity contribution in [2.75, 3.05) is 20.7 Å². The first kappa shape index (κ1) is 26.6. The summed E-state index contributed by atoms with van der Waals surface area (Å²) in [6.45, 7) is 1.57. The monoisotopic (exact) mass is 498 g/mol. The van der Waals surface area contributed by atoms with Crippen molar-refractivity contribution in [1.82, 2.24) is 4.90 Å². The van der Waals surface area contributed by atoms with Gasteiger partial charge in [-0.05, 0) is 16.7 Å². The predicted molar refractivity (Wildman–Crippen MR) is 142 cm³/mol. The lowest BCUT2D eigenvalue weighted by Crippen LogP contribution is -2.39. The Labute approximate surface area is 219 Å². The first-order chi connectivity index (χ1) is 18.1. The summed E-state index contributed by atoms with van der Waals surface area (Å²) >= 11 is 0. The third-order valence-electron chi connectivity index (χ3n) is 6.11. The molecule has 0 radical (unpaired) electrons. The number of benzene rings is 3. The van der Waals surface area contributed by atoms with Gasteiger partial charge in [0.25, 0.3) is 0 Å². The highest BCUT2D eigenvalue weighted by atomic mass is 16.6. The van der Waals surface area contributed by atoms with E-state index < -0.39 is 24.4 Å². The van der Waals surface area contributed by atoms with Crippen LogP contribution < -0.4 is 0 Å². The second kappa shape index (κ2) is 13.7. The topological polar surface area (TPSA) is 64.0 Å². The second-order valence-corrected chi connectivity index (χ2v) is 9.28. The largest absolute Gasteiger partial charge is 0.383 e. The van der Waals surface area contributed by atoms with Crippen LogP contribution in [0.1, 0.15) is 16.7 Å². The molecule has 0 aliphatic carbocycles. The van der Waals surface area contributed by atoms with Crippen molar-refractivity contribution >= 4 is 0 Å². The number of hydrogen-bond acceptors (Lipinski definition) is 6. The van der Waals surface area contributed by atoms with E-state index in [1.54, 1.807) is 6.20 Å². The maximum atomic E-state index is 9.99. The van der Waals surface area contributed by atoms with Gasteiger partial charge in [0, 0.05) is 20.3 Å². The van der Waals surface area contributed by atoms with Gasteiger partial charge in [-0.1, -0.05) is 91.0 Å². The van der Waals surface area contributed by atoms with E-state index in [-0.39, 0.29) is 0 Å². The number of ether oxygens (including phenoxy) is 4. The summed E-state index contributed by atoms with van der Waals surface area (Å²) in [6.07, 6.45) is -0.117. The molecule has 4 unspecified atom stereocenters. The van der Waals surface area contributed by atoms with Crippen molar-refractivity contribution in [2.24, 2.45) is 0 Å². The van der Waals surface area contributed by atoms with E-state index in [1.165, 1.54) is 0 Å². The molecule has 0 bridgehead atoms. The van der Waals surface area contributed by atoms with Crippen molar-refractivity contribution in [3.05, 3.63) is 119 Å². The van der Waals surface area contributed by atoms with Crippen molar-refractivity contribution in [3.63, 3.8) is 0 Å². The maximum absolute atomic E-state index is 9.99. The van der Waals surface area contributed by atoms with Crippen LogP contribution in [0, 0.1) is 11.3 Å². The Morgan fingerprint density at radius 2 is 1.27 bits per heavy atom. The Balaban J connectivity index is 1.56. The first-order valence-corrected chi connectivity index (χ1v) is 12.5. The highest BCUT2D eigenvalue weighted by Gasteiger charge is 2.48. The van der Waals surface area contributed by atoms with Gasteiger partial charge >= 0.3 is 0 Å². The van der Waals surface area contributed by atoms with Gasteiger partial charge in [-0.25, -0.2) is 0 Å². The smallest absolute Gasteiger partial charge is 0.123 e. The van der Waals surface area contributed by atoms with E-state index in [0.717, 1.165) is 16.7 Å². The van der Waals surface area contributed by atoms with E-state index in [4.69, 9.17) is 18.9 Å². The summed E-state index contributed by atoms with van der Waals surface area (Å²) in [6, 6.07) is 32.3. The zero-order chi connectivity index (χ0) is 25.9. The zero-order valence-electron chi connectivity index (χ0n) is 21.4. The van der Waals surface area contributed by atoms with Crippen LogP contribution in [0.3, 0.4) is 0 Å². The fourth-order valence-corrected chi connectivity index (χ4v) is 4.34. The lowest BCUT2D eigenvalue weighted by atomic mass is 10.0. The van der Waals surface area contributed by atoms with Gasteiger partial charge in [-0.15, -0.1) is 0 Å². The lowest BCUT2D eigenvalue weighted by molar-refractivity contribution is -0.0896. The Morgan fingerprint density at radius 3 is 1.76 bits per heavy atom. The van der Waals surface area contributed by atoms with Gasteiger partial charge in [0.15, 0.2) is 0 Å². The molecule has 1 aliphatic heterocycles. The average Bonchev–Trinajstić information content (AvgIpc) is 3.28. The zero-order valence-corrected chi connectivity index (χ0v) is 21.4. The van der Waals surface area contributed by atoms with Crippen LogP contribution in [-0.4, -0.2) is 50.0 Å². The average molecular weight is 499 g/mol. The molecule has 192 valence electrons. The third-order valence-corrected chi connectivity index (χ3v) is 6.11. The van der Waals surface area contributed by atoms with E-state index in [9.17, 15) is 5.26 Å². The normalized spacial score (nSPS) is 21.5. The summed E-state index contributed by atoms with van der Waals surface area (Å²) in [5.74, 6) is 0. The summed E-state index contributed by atoms with van der Waals surface area (Å²) in [5, 5.41) is 9.99. The van der Waals surface area contributed by atoms with Crippen LogP contribution in [-0.2, 0) is 38.8 Å². The Bertz CT molecular complexity index is 1150. The van der Waals surface area contributed by atoms with Crippen molar-refractivity contribution in [1.29, 1.82) is 5.26 Å². The standard InChI is InChI=1S/C31H34N2O4/c1-33(2)19-27(18-32)29-31(36-22-26-16-10-5-11-17-26)30(35-21-25-14-8-4-9-15-25)28(37-29)23-34-20-24-12-6-3-7-13-24/h3-17,19,28-31H,20-23H2,1-2H3. The van der Waals surface area contributed by atoms with E-state index in [0.29, 0.717) is 32.0 Å². The number of nitriles is 1. The highest BCUT2D eigenvalue weighted by molar-refractivity contribution is 5.29. The number of hydrogen-bond donors (Lipinski definition) is 0. The van der Waals surface area contributed by atoms with Crippen molar-refractivity contribution in [2.45, 2.75) is 44.2 Å². The molecule has 1 aliphatic rings. The third kappa shape index (κ3) is 7.75. The van der Waals surface area contributed by atoms with Gasteiger partial charge in [0.05, 0.1) is 38.1 Å². The second-order valence-electron chi connectivity index (χ2n) is 9.28. The minimum Gasteiger partial charge on any atom is -0.383 e. The predicted octanol–water partition coefficient (Wildman–Crippen LogP) is 5.11. The fourth-order valence-electron chi connectivity index (χ4n) is 4.34. The summed E-state index contributed by atoms with van der Waals surface area (Å²) in [4.78, 5) is 1.84. The van der Waals surface area contributed by atoms with Crippen LogP contribution in [0.2, 0.25) is 0 Å². The molecule has 0 saturated carbocycles. The van der Waals surface area contributed by atoms with Gasteiger partial charge in [-0.2, -0.15) is 5.26 Å². The first-order valence-electron chi connectivity index (χ1n) is 12.5. The molecule has 4 atom stereocenters. The molecule has 3 aromatic rings. The van der Waals surface area contributed by atoms with Crippen LogP contribution in [0.15, 0.2) is 103 Å². The molecule has 3 aromatic carbocycles. The molecule has 37 heavy (non-hydrogen) atoms. The molecule has 1 fully saturated rings. The fraction of sp³-hybridized carbons (Fsp3) is 0.323. The molecular weight excluding hydrogens is 464 g/mol. The molecule has 6 heteroatoms. The molecule has 0 aromatic heterocycles. The molecule has 0 spiro atoms. The van der Waals surface area contributed by atoms with Gasteiger partial charge in [0.2, 0.25) is 0 Å². The summed E-state index contributed by atoms with van der Waals surface area (Å²) < 4.78 is 25.4. The quantitative estimate of drug-likeness (QED) is 0.324. The molecule has 1 heterocycles. The van der Waals surface area contributed by atoms with Gasteiger partial charge < -0.3 is 23.8 Å².